The molecule has 112 valence electrons. The Labute approximate surface area is 140 Å². The summed E-state index contributed by atoms with van der Waals surface area (Å²) < 4.78 is 7.03. The van der Waals surface area contributed by atoms with Crippen LogP contribution in [0.3, 0.4) is 0 Å². The van der Waals surface area contributed by atoms with Gasteiger partial charge in [0, 0.05) is 10.2 Å². The van der Waals surface area contributed by atoms with Gasteiger partial charge in [-0.05, 0) is 29.8 Å². The van der Waals surface area contributed by atoms with Gasteiger partial charge in [0.05, 0.1) is 10.8 Å². The molecule has 4 rings (SSSR count). The molecule has 1 N–H and O–H groups in total. The quantitative estimate of drug-likeness (QED) is 0.825. The number of aliphatic hydroxyl groups excluding tert-OH is 1. The van der Waals surface area contributed by atoms with Crippen LogP contribution in [0.2, 0.25) is 0 Å². The van der Waals surface area contributed by atoms with Crippen molar-refractivity contribution in [2.45, 2.75) is 17.0 Å². The lowest BCUT2D eigenvalue weighted by molar-refractivity contribution is -0.00800. The number of aliphatic hydroxyl groups is 1. The monoisotopic (exact) mass is 376 g/mol. The van der Waals surface area contributed by atoms with Gasteiger partial charge in [-0.3, -0.25) is 4.79 Å². The lowest BCUT2D eigenvalue weighted by Gasteiger charge is -2.31. The lowest BCUT2D eigenvalue weighted by atomic mass is 9.84. The maximum absolute atomic E-state index is 13.0. The molecule has 0 saturated carbocycles. The van der Waals surface area contributed by atoms with Crippen molar-refractivity contribution in [3.8, 4) is 5.75 Å². The maximum atomic E-state index is 13.0. The van der Waals surface area contributed by atoms with Gasteiger partial charge in [-0.15, -0.1) is 11.8 Å². The minimum absolute atomic E-state index is 0.117. The van der Waals surface area contributed by atoms with Crippen LogP contribution in [0.15, 0.2) is 53.0 Å². The summed E-state index contributed by atoms with van der Waals surface area (Å²) in [6, 6.07) is 15.1. The zero-order valence-corrected chi connectivity index (χ0v) is 13.9. The van der Waals surface area contributed by atoms with Crippen molar-refractivity contribution in [3.63, 3.8) is 0 Å². The van der Waals surface area contributed by atoms with Crippen LogP contribution >= 0.6 is 27.7 Å². The molecule has 0 bridgehead atoms. The number of para-hydroxylation sites is 1. The van der Waals surface area contributed by atoms with E-state index in [1.165, 1.54) is 0 Å². The molecule has 0 aliphatic carbocycles. The molecule has 3 atom stereocenters. The van der Waals surface area contributed by atoms with Crippen molar-refractivity contribution >= 4 is 33.5 Å². The van der Waals surface area contributed by atoms with Gasteiger partial charge in [-0.2, -0.15) is 0 Å². The van der Waals surface area contributed by atoms with Gasteiger partial charge < -0.3 is 9.84 Å². The number of carbonyl (C=O) groups is 1. The molecule has 2 aromatic rings. The van der Waals surface area contributed by atoms with Gasteiger partial charge in [-0.1, -0.05) is 40.2 Å². The molecule has 3 nitrogen and oxygen atoms in total. The van der Waals surface area contributed by atoms with Crippen LogP contribution < -0.4 is 4.74 Å². The van der Waals surface area contributed by atoms with E-state index in [2.05, 4.69) is 15.9 Å². The van der Waals surface area contributed by atoms with Crippen LogP contribution in [0, 0.1) is 0 Å². The number of ether oxygens (including phenoxy) is 1. The molecule has 0 unspecified atom stereocenters. The number of fused-ring (bicyclic) bond motifs is 1. The van der Waals surface area contributed by atoms with E-state index in [1.54, 1.807) is 23.9 Å². The fraction of sp³-hybridized carbons (Fsp3) is 0.235. The molecule has 0 amide bonds. The molecule has 1 fully saturated rings. The van der Waals surface area contributed by atoms with Gasteiger partial charge in [0.25, 0.3) is 0 Å². The number of halogens is 1. The second-order valence-electron chi connectivity index (χ2n) is 5.50. The molecule has 0 aromatic heterocycles. The molecular weight excluding hydrogens is 364 g/mol. The summed E-state index contributed by atoms with van der Waals surface area (Å²) in [6.45, 7) is 0. The van der Waals surface area contributed by atoms with E-state index in [1.807, 2.05) is 36.4 Å². The van der Waals surface area contributed by atoms with Crippen LogP contribution in [-0.4, -0.2) is 28.3 Å². The third-order valence-electron chi connectivity index (χ3n) is 4.24. The number of Topliss-reactive ketones (excluding diaryl/α,β-unsaturated/α-hetero) is 1. The molecule has 0 radical (unpaired) electrons. The Morgan fingerprint density at radius 3 is 2.64 bits per heavy atom. The van der Waals surface area contributed by atoms with Crippen LogP contribution in [0.1, 0.15) is 21.2 Å². The highest BCUT2D eigenvalue weighted by Crippen LogP contribution is 2.54. The summed E-state index contributed by atoms with van der Waals surface area (Å²) in [5.74, 6) is 0.935. The van der Waals surface area contributed by atoms with Gasteiger partial charge >= 0.3 is 0 Å². The Bertz CT molecular complexity index is 746. The highest BCUT2D eigenvalue weighted by atomic mass is 79.9. The average molecular weight is 377 g/mol. The van der Waals surface area contributed by atoms with Crippen LogP contribution in [-0.2, 0) is 0 Å². The molecule has 2 heterocycles. The number of thioether (sulfide) groups is 1. The molecule has 2 aromatic carbocycles. The predicted molar refractivity (Wildman–Crippen MR) is 89.5 cm³/mol. The maximum Gasteiger partial charge on any atom is 0.214 e. The molecule has 2 aliphatic heterocycles. The predicted octanol–water partition coefficient (Wildman–Crippen LogP) is 3.61. The van der Waals surface area contributed by atoms with Gasteiger partial charge in [0.15, 0.2) is 0 Å². The van der Waals surface area contributed by atoms with E-state index in [9.17, 15) is 9.90 Å². The van der Waals surface area contributed by atoms with Crippen molar-refractivity contribution in [3.05, 3.63) is 64.1 Å². The topological polar surface area (TPSA) is 46.5 Å². The molecule has 1 spiro atoms. The van der Waals surface area contributed by atoms with E-state index >= 15 is 0 Å². The smallest absolute Gasteiger partial charge is 0.214 e. The summed E-state index contributed by atoms with van der Waals surface area (Å²) in [7, 11) is 0. The highest BCUT2D eigenvalue weighted by Gasteiger charge is 2.62. The van der Waals surface area contributed by atoms with Gasteiger partial charge in [-0.25, -0.2) is 0 Å². The van der Waals surface area contributed by atoms with Gasteiger partial charge in [0.2, 0.25) is 11.4 Å². The number of ketones is 1. The summed E-state index contributed by atoms with van der Waals surface area (Å²) in [5, 5.41) is 10.3. The molecule has 22 heavy (non-hydrogen) atoms. The van der Waals surface area contributed by atoms with Crippen molar-refractivity contribution in [2.75, 3.05) is 5.75 Å². The van der Waals surface area contributed by atoms with Gasteiger partial charge in [0.1, 0.15) is 11.9 Å². The first kappa shape index (κ1) is 14.3. The molecule has 5 heteroatoms. The second-order valence-corrected chi connectivity index (χ2v) is 7.55. The summed E-state index contributed by atoms with van der Waals surface area (Å²) >= 11 is 4.99. The largest absolute Gasteiger partial charge is 0.474 e. The summed E-state index contributed by atoms with van der Waals surface area (Å²) in [4.78, 5) is 13.0. The lowest BCUT2D eigenvalue weighted by Crippen LogP contribution is -2.51. The van der Waals surface area contributed by atoms with E-state index in [-0.39, 0.29) is 11.0 Å². The Morgan fingerprint density at radius 2 is 1.91 bits per heavy atom. The fourth-order valence-electron chi connectivity index (χ4n) is 3.17. The standard InChI is InChI=1S/C17H13BrO3S/c18-11-7-5-10(6-8-11)16-17(14(19)9-22-16)15(20)12-3-1-2-4-13(12)21-17/h1-8,14,16,19H,9H2/t14-,16-,17+/m0/s1. The second kappa shape index (κ2) is 5.11. The molecule has 1 saturated heterocycles. The Kier molecular flexibility index (Phi) is 3.33. The zero-order chi connectivity index (χ0) is 15.3. The van der Waals surface area contributed by atoms with E-state index < -0.39 is 11.7 Å². The SMILES string of the molecule is O=C1c2ccccc2O[C@]12[C@@H](O)CS[C@H]2c1ccc(Br)cc1. The van der Waals surface area contributed by atoms with E-state index in [0.717, 1.165) is 10.0 Å². The zero-order valence-electron chi connectivity index (χ0n) is 11.5. The number of rotatable bonds is 1. The van der Waals surface area contributed by atoms with Crippen molar-refractivity contribution in [1.29, 1.82) is 0 Å². The average Bonchev–Trinajstić information content (AvgIpc) is 3.01. The highest BCUT2D eigenvalue weighted by molar-refractivity contribution is 9.10. The third-order valence-corrected chi connectivity index (χ3v) is 6.24. The first-order chi connectivity index (χ1) is 10.6. The van der Waals surface area contributed by atoms with E-state index in [4.69, 9.17) is 4.74 Å². The Balaban J connectivity index is 1.82. The van der Waals surface area contributed by atoms with E-state index in [0.29, 0.717) is 17.1 Å². The summed E-state index contributed by atoms with van der Waals surface area (Å²) in [5.41, 5.74) is 0.347. The molecule has 2 aliphatic rings. The van der Waals surface area contributed by atoms with Crippen LogP contribution in [0.5, 0.6) is 5.75 Å². The Morgan fingerprint density at radius 1 is 1.18 bits per heavy atom. The fourth-order valence-corrected chi connectivity index (χ4v) is 4.96. The number of hydrogen-bond donors (Lipinski definition) is 1. The van der Waals surface area contributed by atoms with Crippen LogP contribution in [0.4, 0.5) is 0 Å². The number of benzene rings is 2. The molecular formula is C17H13BrO3S. The first-order valence-electron chi connectivity index (χ1n) is 7.01. The first-order valence-corrected chi connectivity index (χ1v) is 8.85. The normalized spacial score (nSPS) is 29.6. The number of carbonyl (C=O) groups excluding carboxylic acids is 1. The minimum atomic E-state index is -1.21. The van der Waals surface area contributed by atoms with Crippen LogP contribution in [0.25, 0.3) is 0 Å². The Hall–Kier alpha value is -1.30. The third kappa shape index (κ3) is 1.89. The van der Waals surface area contributed by atoms with Crippen molar-refractivity contribution < 1.29 is 14.6 Å². The van der Waals surface area contributed by atoms with Crippen molar-refractivity contribution in [1.82, 2.24) is 0 Å². The summed E-state index contributed by atoms with van der Waals surface area (Å²) in [6.07, 6.45) is -0.814. The van der Waals surface area contributed by atoms with Crippen molar-refractivity contribution in [2.24, 2.45) is 0 Å². The minimum Gasteiger partial charge on any atom is -0.474 e. The number of hydrogen-bond acceptors (Lipinski definition) is 4.